The van der Waals surface area contributed by atoms with Crippen molar-refractivity contribution in [1.82, 2.24) is 10.2 Å². The van der Waals surface area contributed by atoms with Crippen LogP contribution in [-0.2, 0) is 14.4 Å². The Kier molecular flexibility index (Phi) is 2.33. The van der Waals surface area contributed by atoms with Crippen molar-refractivity contribution in [3.63, 3.8) is 0 Å². The van der Waals surface area contributed by atoms with Crippen LogP contribution in [0.2, 0.25) is 0 Å². The molecule has 0 aliphatic carbocycles. The molecule has 0 unspecified atom stereocenters. The minimum absolute atomic E-state index is 0.264. The van der Waals surface area contributed by atoms with E-state index < -0.39 is 23.3 Å². The molecular formula is C7H2N2O5. The highest BCUT2D eigenvalue weighted by molar-refractivity contribution is 5.85. The summed E-state index contributed by atoms with van der Waals surface area (Å²) in [4.78, 5) is 41.6. The van der Waals surface area contributed by atoms with Crippen LogP contribution in [0, 0.1) is 0 Å². The summed E-state index contributed by atoms with van der Waals surface area (Å²) in [6, 6.07) is 0. The molecule has 0 aromatic carbocycles. The molecule has 0 spiro atoms. The average molecular weight is 194 g/mol. The first-order chi connectivity index (χ1) is 6.65. The number of amides is 1. The van der Waals surface area contributed by atoms with Crippen LogP contribution >= 0.6 is 0 Å². The van der Waals surface area contributed by atoms with Crippen LogP contribution in [0.15, 0.2) is 17.2 Å². The first-order valence-corrected chi connectivity index (χ1v) is 3.21. The van der Waals surface area contributed by atoms with E-state index in [2.05, 4.69) is 5.32 Å². The minimum Gasteiger partial charge on any atom is -0.464 e. The Labute approximate surface area is 76.6 Å². The number of carbonyl (C=O) groups is 1. The first-order valence-electron chi connectivity index (χ1n) is 3.21. The molecule has 2 N–H and O–H groups in total. The number of nitrogens with one attached hydrogen (secondary N) is 1. The van der Waals surface area contributed by atoms with Gasteiger partial charge in [0.1, 0.15) is 0 Å². The Morgan fingerprint density at radius 3 is 2.21 bits per heavy atom. The quantitative estimate of drug-likeness (QED) is 0.463. The monoisotopic (exact) mass is 194 g/mol. The van der Waals surface area contributed by atoms with Gasteiger partial charge in [-0.3, -0.25) is 0 Å². The van der Waals surface area contributed by atoms with Gasteiger partial charge in [0, 0.05) is 0 Å². The van der Waals surface area contributed by atoms with Gasteiger partial charge in [-0.05, 0) is 0 Å². The van der Waals surface area contributed by atoms with Gasteiger partial charge in [0.15, 0.2) is 29.2 Å². The van der Waals surface area contributed by atoms with Gasteiger partial charge in [0.05, 0.1) is 0 Å². The van der Waals surface area contributed by atoms with Crippen LogP contribution in [0.1, 0.15) is 0 Å². The van der Waals surface area contributed by atoms with Crippen molar-refractivity contribution < 1.29 is 24.3 Å². The zero-order chi connectivity index (χ0) is 10.7. The fraction of sp³-hybridized carbons (Fsp3) is 0. The summed E-state index contributed by atoms with van der Waals surface area (Å²) < 4.78 is 0. The molecule has 1 heterocycles. The third-order valence-corrected chi connectivity index (χ3v) is 1.41. The standard InChI is InChI=1S/C7H2N2O5/c10-1-4-5(2-11)9(7(13)14)6(3-12)8-4/h8H,(H,13,14). The molecule has 0 atom stereocenters. The van der Waals surface area contributed by atoms with Crippen LogP contribution in [0.5, 0.6) is 0 Å². The highest BCUT2D eigenvalue weighted by atomic mass is 16.4. The Bertz CT molecular complexity index is 447. The summed E-state index contributed by atoms with van der Waals surface area (Å²) in [5.74, 6) is 3.14. The van der Waals surface area contributed by atoms with E-state index in [1.807, 2.05) is 0 Å². The molecule has 1 aliphatic heterocycles. The predicted octanol–water partition coefficient (Wildman–Crippen LogP) is -1.33. The third kappa shape index (κ3) is 1.22. The Hall–Kier alpha value is -2.58. The zero-order valence-electron chi connectivity index (χ0n) is 6.53. The van der Waals surface area contributed by atoms with Gasteiger partial charge < -0.3 is 10.4 Å². The van der Waals surface area contributed by atoms with Crippen LogP contribution in [0.4, 0.5) is 4.79 Å². The predicted molar refractivity (Wildman–Crippen MR) is 40.6 cm³/mol. The molecule has 0 bridgehead atoms. The number of hydrogen-bond donors (Lipinski definition) is 2. The van der Waals surface area contributed by atoms with E-state index in [0.29, 0.717) is 0 Å². The van der Waals surface area contributed by atoms with Gasteiger partial charge in [-0.1, -0.05) is 0 Å². The fourth-order valence-electron chi connectivity index (χ4n) is 0.890. The molecule has 70 valence electrons. The Balaban J connectivity index is 3.40. The second-order valence-corrected chi connectivity index (χ2v) is 2.12. The lowest BCUT2D eigenvalue weighted by atomic mass is 10.4. The summed E-state index contributed by atoms with van der Waals surface area (Å²) in [6.07, 6.45) is -1.60. The van der Waals surface area contributed by atoms with Gasteiger partial charge in [-0.2, -0.15) is 0 Å². The zero-order valence-corrected chi connectivity index (χ0v) is 6.53. The number of rotatable bonds is 0. The van der Waals surface area contributed by atoms with Crippen molar-refractivity contribution in [3.05, 3.63) is 17.2 Å². The number of hydrogen-bond acceptors (Lipinski definition) is 5. The fourth-order valence-corrected chi connectivity index (χ4v) is 0.890. The number of nitrogens with zero attached hydrogens (tertiary/aromatic N) is 1. The van der Waals surface area contributed by atoms with E-state index in [0.717, 1.165) is 0 Å². The van der Waals surface area contributed by atoms with Gasteiger partial charge in [-0.15, -0.1) is 0 Å². The lowest BCUT2D eigenvalue weighted by Gasteiger charge is -2.06. The summed E-state index contributed by atoms with van der Waals surface area (Å²) in [7, 11) is 0. The van der Waals surface area contributed by atoms with Crippen LogP contribution in [0.3, 0.4) is 0 Å². The van der Waals surface area contributed by atoms with E-state index in [1.54, 1.807) is 0 Å². The van der Waals surface area contributed by atoms with Crippen molar-refractivity contribution in [2.45, 2.75) is 0 Å². The molecule has 1 saturated heterocycles. The third-order valence-electron chi connectivity index (χ3n) is 1.41. The van der Waals surface area contributed by atoms with Gasteiger partial charge in [0.2, 0.25) is 5.82 Å². The molecule has 7 heteroatoms. The SMILES string of the molecule is O=C=C1NC(=C=O)N(C(=O)O)C1=C=O. The summed E-state index contributed by atoms with van der Waals surface area (Å²) in [5.41, 5.74) is -1.06. The van der Waals surface area contributed by atoms with Gasteiger partial charge in [0.25, 0.3) is 0 Å². The summed E-state index contributed by atoms with van der Waals surface area (Å²) in [6.45, 7) is 0. The molecule has 1 amide bonds. The number of carbonyl (C=O) groups excluding carboxylic acids is 3. The summed E-state index contributed by atoms with van der Waals surface area (Å²) in [5, 5.41) is 10.6. The number of carboxylic acid groups (broad SMARTS) is 1. The normalized spacial score (nSPS) is 14.3. The van der Waals surface area contributed by atoms with Gasteiger partial charge in [-0.25, -0.2) is 24.1 Å². The topological polar surface area (TPSA) is 104 Å². The molecule has 0 saturated carbocycles. The maximum Gasteiger partial charge on any atom is 0.418 e. The van der Waals surface area contributed by atoms with Crippen LogP contribution in [0.25, 0.3) is 0 Å². The van der Waals surface area contributed by atoms with E-state index in [-0.39, 0.29) is 4.90 Å². The summed E-state index contributed by atoms with van der Waals surface area (Å²) >= 11 is 0. The highest BCUT2D eigenvalue weighted by Crippen LogP contribution is 2.20. The van der Waals surface area contributed by atoms with E-state index in [4.69, 9.17) is 5.11 Å². The molecule has 0 aromatic heterocycles. The Morgan fingerprint density at radius 2 is 1.86 bits per heavy atom. The molecule has 0 aromatic rings. The second kappa shape index (κ2) is 3.43. The molecule has 1 aliphatic rings. The van der Waals surface area contributed by atoms with E-state index in [9.17, 15) is 19.2 Å². The Morgan fingerprint density at radius 1 is 1.21 bits per heavy atom. The molecule has 1 fully saturated rings. The highest BCUT2D eigenvalue weighted by Gasteiger charge is 2.35. The van der Waals surface area contributed by atoms with E-state index >= 15 is 0 Å². The smallest absolute Gasteiger partial charge is 0.418 e. The van der Waals surface area contributed by atoms with Gasteiger partial charge >= 0.3 is 6.09 Å². The lowest BCUT2D eigenvalue weighted by Crippen LogP contribution is -2.25. The van der Waals surface area contributed by atoms with Crippen molar-refractivity contribution in [2.24, 2.45) is 0 Å². The minimum atomic E-state index is -1.60. The van der Waals surface area contributed by atoms with Crippen LogP contribution in [-0.4, -0.2) is 33.9 Å². The molecule has 0 radical (unpaired) electrons. The molecular weight excluding hydrogens is 192 g/mol. The first kappa shape index (κ1) is 9.51. The lowest BCUT2D eigenvalue weighted by molar-refractivity contribution is 0.171. The molecule has 14 heavy (non-hydrogen) atoms. The van der Waals surface area contributed by atoms with Crippen LogP contribution < -0.4 is 5.32 Å². The second-order valence-electron chi connectivity index (χ2n) is 2.12. The molecule has 1 rings (SSSR count). The van der Waals surface area contributed by atoms with Crippen molar-refractivity contribution >= 4 is 23.9 Å². The average Bonchev–Trinajstić information content (AvgIpc) is 2.54. The largest absolute Gasteiger partial charge is 0.464 e. The maximum absolute atomic E-state index is 10.5. The molecule has 7 nitrogen and oxygen atoms in total. The maximum atomic E-state index is 10.5. The van der Waals surface area contributed by atoms with E-state index in [1.165, 1.54) is 17.8 Å². The van der Waals surface area contributed by atoms with Crippen molar-refractivity contribution in [1.29, 1.82) is 0 Å². The van der Waals surface area contributed by atoms with Crippen molar-refractivity contribution in [3.8, 4) is 0 Å². The van der Waals surface area contributed by atoms with Crippen molar-refractivity contribution in [2.75, 3.05) is 0 Å².